The zero-order valence-corrected chi connectivity index (χ0v) is 37.4. The van der Waals surface area contributed by atoms with Gasteiger partial charge in [0.15, 0.2) is 5.66 Å². The van der Waals surface area contributed by atoms with Crippen LogP contribution in [-0.4, -0.2) is 200 Å². The van der Waals surface area contributed by atoms with Crippen LogP contribution >= 0.6 is 11.8 Å². The second kappa shape index (κ2) is 30.6. The van der Waals surface area contributed by atoms with Gasteiger partial charge >= 0.3 is 12.0 Å². The number of nitrogens with one attached hydrogen (secondary N) is 3. The number of thioether (sulfide) groups is 1. The van der Waals surface area contributed by atoms with Gasteiger partial charge in [0.25, 0.3) is 11.8 Å². The van der Waals surface area contributed by atoms with Crippen molar-refractivity contribution in [2.45, 2.75) is 87.7 Å². The Morgan fingerprint density at radius 2 is 1.21 bits per heavy atom. The first-order chi connectivity index (χ1) is 30.6. The summed E-state index contributed by atoms with van der Waals surface area (Å²) in [5.74, 6) is -0.895. The number of carbonyl (C=O) groups excluding carboxylic acids is 6. The predicted molar refractivity (Wildman–Crippen MR) is 224 cm³/mol. The number of rotatable bonds is 39. The molecule has 63 heavy (non-hydrogen) atoms. The number of hydroxylamine groups is 2. The zero-order valence-electron chi connectivity index (χ0n) is 36.6. The number of imide groups is 1. The molecule has 3 saturated heterocycles. The van der Waals surface area contributed by atoms with Gasteiger partial charge in [0, 0.05) is 62.7 Å². The molecule has 0 radical (unpaired) electrons. The average molecular weight is 918 g/mol. The molecule has 23 heteroatoms. The Kier molecular flexibility index (Phi) is 25.3. The SMILES string of the molecule is CC1(CCNC(=O)CCOCCOCCOCCOCCN(CCOCCOCCOCCOCCC(=O)ON2C(=O)CCC2=O)C(=O)CCCC[C@H]2SC[C@H]3NC(=O)N[C@H]32)N=N1. The minimum atomic E-state index is -0.720. The minimum absolute atomic E-state index is 0.0367. The number of urea groups is 1. The fraction of sp³-hybridized carbons (Fsp3) is 0.850. The number of hydrogen-bond donors (Lipinski definition) is 3. The van der Waals surface area contributed by atoms with E-state index in [1.54, 1.807) is 4.90 Å². The molecule has 0 saturated carbocycles. The number of carbonyl (C=O) groups is 6. The third kappa shape index (κ3) is 22.3. The molecule has 6 amide bonds. The van der Waals surface area contributed by atoms with Crippen LogP contribution in [-0.2, 0) is 66.7 Å². The third-order valence-electron chi connectivity index (χ3n) is 10.1. The Morgan fingerprint density at radius 3 is 1.75 bits per heavy atom. The van der Waals surface area contributed by atoms with E-state index < -0.39 is 17.8 Å². The molecule has 22 nitrogen and oxygen atoms in total. The van der Waals surface area contributed by atoms with E-state index in [1.807, 2.05) is 18.7 Å². The molecule has 0 spiro atoms. The standard InChI is InChI=1S/C40H67N7O15S/c1-40(44-45-40)10-11-41-33(48)8-14-54-18-22-58-26-28-60-24-20-56-16-12-46(34(49)5-3-2-4-32-38-31(30-63-32)42-39(53)43-38)13-17-57-21-25-61-29-27-59-23-19-55-15-9-37(52)62-47-35(50)6-7-36(47)51/h31-32,38H,2-30H2,1H3,(H,41,48)(H2,42,43,53)/t31-,32-,38-/m1/s1. The van der Waals surface area contributed by atoms with E-state index in [-0.39, 0.29) is 74.5 Å². The Hall–Kier alpha value is -3.55. The fourth-order valence-corrected chi connectivity index (χ4v) is 8.04. The Morgan fingerprint density at radius 1 is 0.698 bits per heavy atom. The molecular weight excluding hydrogens is 851 g/mol. The molecule has 0 bridgehead atoms. The van der Waals surface area contributed by atoms with Gasteiger partial charge in [-0.05, 0) is 19.8 Å². The van der Waals surface area contributed by atoms with E-state index in [0.717, 1.165) is 25.0 Å². The molecule has 0 aliphatic carbocycles. The van der Waals surface area contributed by atoms with Crippen LogP contribution in [0.3, 0.4) is 0 Å². The smallest absolute Gasteiger partial charge is 0.335 e. The lowest BCUT2D eigenvalue weighted by Crippen LogP contribution is -2.37. The number of unbranched alkanes of at least 4 members (excludes halogenated alkanes) is 1. The maximum atomic E-state index is 13.3. The molecule has 0 aromatic heterocycles. The molecule has 4 heterocycles. The summed E-state index contributed by atoms with van der Waals surface area (Å²) in [7, 11) is 0. The van der Waals surface area contributed by atoms with Crippen molar-refractivity contribution in [3.8, 4) is 0 Å². The maximum absolute atomic E-state index is 13.3. The molecule has 3 fully saturated rings. The Labute approximate surface area is 373 Å². The molecule has 358 valence electrons. The number of fused-ring (bicyclic) bond motifs is 1. The van der Waals surface area contributed by atoms with Crippen molar-refractivity contribution in [2.24, 2.45) is 10.2 Å². The summed E-state index contributed by atoms with van der Waals surface area (Å²) < 4.78 is 44.4. The van der Waals surface area contributed by atoms with Crippen molar-refractivity contribution in [2.75, 3.05) is 131 Å². The van der Waals surface area contributed by atoms with Crippen molar-refractivity contribution in [1.29, 1.82) is 0 Å². The maximum Gasteiger partial charge on any atom is 0.335 e. The van der Waals surface area contributed by atoms with Gasteiger partial charge in [-0.3, -0.25) is 19.2 Å². The minimum Gasteiger partial charge on any atom is -0.379 e. The normalized spacial score (nSPS) is 19.6. The summed E-state index contributed by atoms with van der Waals surface area (Å²) in [6.45, 7) is 8.64. The van der Waals surface area contributed by atoms with Gasteiger partial charge in [0.1, 0.15) is 0 Å². The Bertz CT molecular complexity index is 1430. The van der Waals surface area contributed by atoms with E-state index in [0.29, 0.717) is 135 Å². The van der Waals surface area contributed by atoms with E-state index in [2.05, 4.69) is 26.2 Å². The topological polar surface area (TPSA) is 253 Å². The lowest BCUT2D eigenvalue weighted by molar-refractivity contribution is -0.198. The van der Waals surface area contributed by atoms with Crippen molar-refractivity contribution in [3.63, 3.8) is 0 Å². The van der Waals surface area contributed by atoms with E-state index >= 15 is 0 Å². The van der Waals surface area contributed by atoms with Gasteiger partial charge in [-0.1, -0.05) is 6.42 Å². The largest absolute Gasteiger partial charge is 0.379 e. The van der Waals surface area contributed by atoms with Crippen molar-refractivity contribution >= 4 is 47.4 Å². The van der Waals surface area contributed by atoms with Crippen molar-refractivity contribution < 1.29 is 71.5 Å². The molecule has 0 aromatic rings. The molecule has 4 aliphatic heterocycles. The molecule has 4 rings (SSSR count). The van der Waals surface area contributed by atoms with Crippen LogP contribution in [0.25, 0.3) is 0 Å². The summed E-state index contributed by atoms with van der Waals surface area (Å²) in [5, 5.41) is 17.5. The molecule has 0 unspecified atom stereocenters. The highest BCUT2D eigenvalue weighted by Gasteiger charge is 2.42. The van der Waals surface area contributed by atoms with E-state index in [9.17, 15) is 28.8 Å². The summed E-state index contributed by atoms with van der Waals surface area (Å²) in [4.78, 5) is 78.1. The van der Waals surface area contributed by atoms with Gasteiger partial charge in [0.05, 0.1) is 124 Å². The summed E-state index contributed by atoms with van der Waals surface area (Å²) in [5.41, 5.74) is -0.314. The van der Waals surface area contributed by atoms with Crippen LogP contribution in [0.15, 0.2) is 10.2 Å². The molecule has 3 atom stereocenters. The first-order valence-electron chi connectivity index (χ1n) is 22.0. The molecule has 0 aromatic carbocycles. The average Bonchev–Trinajstić information content (AvgIpc) is 3.52. The van der Waals surface area contributed by atoms with Gasteiger partial charge in [0.2, 0.25) is 11.8 Å². The number of amides is 6. The van der Waals surface area contributed by atoms with Crippen molar-refractivity contribution in [1.82, 2.24) is 25.9 Å². The summed E-state index contributed by atoms with van der Waals surface area (Å²) in [6.07, 6.45) is 3.96. The van der Waals surface area contributed by atoms with Crippen LogP contribution < -0.4 is 16.0 Å². The van der Waals surface area contributed by atoms with Crippen LogP contribution in [0.1, 0.15) is 64.7 Å². The Balaban J connectivity index is 0.964. The lowest BCUT2D eigenvalue weighted by Gasteiger charge is -2.23. The first kappa shape index (κ1) is 52.1. The number of nitrogens with zero attached hydrogens (tertiary/aromatic N) is 4. The highest BCUT2D eigenvalue weighted by Crippen LogP contribution is 2.33. The van der Waals surface area contributed by atoms with Crippen molar-refractivity contribution in [3.05, 3.63) is 0 Å². The second-order valence-electron chi connectivity index (χ2n) is 15.2. The monoisotopic (exact) mass is 917 g/mol. The van der Waals surface area contributed by atoms with Gasteiger partial charge in [-0.2, -0.15) is 22.0 Å². The predicted octanol–water partition coefficient (Wildman–Crippen LogP) is 0.749. The molecule has 4 aliphatic rings. The fourth-order valence-electron chi connectivity index (χ4n) is 6.50. The quantitative estimate of drug-likeness (QED) is 0.0437. The summed E-state index contributed by atoms with van der Waals surface area (Å²) in [6, 6.07) is 0.230. The highest BCUT2D eigenvalue weighted by atomic mass is 32.2. The lowest BCUT2D eigenvalue weighted by atomic mass is 10.0. The highest BCUT2D eigenvalue weighted by molar-refractivity contribution is 8.00. The molecular formula is C40H67N7O15S. The van der Waals surface area contributed by atoms with E-state index in [1.165, 1.54) is 0 Å². The zero-order chi connectivity index (χ0) is 45.0. The number of hydrogen-bond acceptors (Lipinski definition) is 18. The second-order valence-corrected chi connectivity index (χ2v) is 16.5. The van der Waals surface area contributed by atoms with Crippen LogP contribution in [0.4, 0.5) is 4.79 Å². The van der Waals surface area contributed by atoms with Gasteiger partial charge in [-0.25, -0.2) is 9.59 Å². The summed E-state index contributed by atoms with van der Waals surface area (Å²) >= 11 is 1.87. The molecule has 3 N–H and O–H groups in total. The number of ether oxygens (including phenoxy) is 8. The van der Waals surface area contributed by atoms with Crippen LogP contribution in [0, 0.1) is 0 Å². The van der Waals surface area contributed by atoms with Crippen LogP contribution in [0.5, 0.6) is 0 Å². The third-order valence-corrected chi connectivity index (χ3v) is 11.7. The first-order valence-corrected chi connectivity index (χ1v) is 23.0. The van der Waals surface area contributed by atoms with Gasteiger partial charge < -0.3 is 63.6 Å². The van der Waals surface area contributed by atoms with Gasteiger partial charge in [-0.15, -0.1) is 5.06 Å². The van der Waals surface area contributed by atoms with Crippen LogP contribution in [0.2, 0.25) is 0 Å². The van der Waals surface area contributed by atoms with E-state index in [4.69, 9.17) is 42.7 Å².